The van der Waals surface area contributed by atoms with E-state index in [4.69, 9.17) is 4.74 Å². The van der Waals surface area contributed by atoms with Gasteiger partial charge in [-0.25, -0.2) is 4.79 Å². The molecule has 0 atom stereocenters. The van der Waals surface area contributed by atoms with Crippen LogP contribution in [0.5, 0.6) is 0 Å². The number of ether oxygens (including phenoxy) is 1. The van der Waals surface area contributed by atoms with Gasteiger partial charge in [0.2, 0.25) is 0 Å². The van der Waals surface area contributed by atoms with E-state index < -0.39 is 32.8 Å². The fraction of sp³-hybridized carbons (Fsp3) is 0.533. The lowest BCUT2D eigenvalue weighted by Gasteiger charge is -2.22. The number of carbonyl (C=O) groups excluding carboxylic acids is 1. The highest BCUT2D eigenvalue weighted by Gasteiger charge is 2.32. The molecule has 0 bridgehead atoms. The van der Waals surface area contributed by atoms with Crippen LogP contribution in [0.15, 0.2) is 12.1 Å². The fourth-order valence-corrected chi connectivity index (χ4v) is 2.20. The third kappa shape index (κ3) is 4.40. The van der Waals surface area contributed by atoms with Crippen molar-refractivity contribution in [1.29, 1.82) is 0 Å². The number of nitro groups is 2. The van der Waals surface area contributed by atoms with Crippen LogP contribution in [0.3, 0.4) is 0 Å². The van der Waals surface area contributed by atoms with Crippen LogP contribution in [0.2, 0.25) is 0 Å². The highest BCUT2D eigenvalue weighted by molar-refractivity contribution is 5.94. The maximum Gasteiger partial charge on any atom is 0.339 e. The van der Waals surface area contributed by atoms with E-state index in [1.54, 1.807) is 34.6 Å². The summed E-state index contributed by atoms with van der Waals surface area (Å²) in [6.45, 7) is 9.08. The highest BCUT2D eigenvalue weighted by atomic mass is 16.6. The topological polar surface area (TPSA) is 116 Å². The van der Waals surface area contributed by atoms with Crippen LogP contribution in [-0.2, 0) is 4.74 Å². The van der Waals surface area contributed by atoms with Gasteiger partial charge in [0.05, 0.1) is 15.4 Å². The number of esters is 1. The first-order chi connectivity index (χ1) is 11.0. The molecule has 132 valence electrons. The molecule has 24 heavy (non-hydrogen) atoms. The maximum absolute atomic E-state index is 12.1. The van der Waals surface area contributed by atoms with Crippen LogP contribution >= 0.6 is 0 Å². The lowest BCUT2D eigenvalue weighted by atomic mass is 10.1. The molecule has 0 heterocycles. The van der Waals surface area contributed by atoms with E-state index in [1.165, 1.54) is 4.90 Å². The van der Waals surface area contributed by atoms with Crippen molar-refractivity contribution in [2.75, 3.05) is 18.0 Å². The Bertz CT molecular complexity index is 627. The van der Waals surface area contributed by atoms with Crippen LogP contribution < -0.4 is 4.90 Å². The Kier molecular flexibility index (Phi) is 5.83. The molecule has 0 radical (unpaired) electrons. The number of anilines is 1. The Labute approximate surface area is 139 Å². The molecule has 0 fully saturated rings. The first-order valence-corrected chi connectivity index (χ1v) is 7.46. The molecular formula is C15H21N3O6. The quantitative estimate of drug-likeness (QED) is 0.443. The second-order valence-corrected chi connectivity index (χ2v) is 6.05. The number of rotatable bonds is 6. The van der Waals surface area contributed by atoms with Gasteiger partial charge in [0.25, 0.3) is 0 Å². The standard InChI is InChI=1S/C15H21N3O6/c1-6-16(7-2)13-11(17(20)21)8-10(9-12(13)18(22)23)14(19)24-15(3,4)5/h8-9H,6-7H2,1-5H3. The van der Waals surface area contributed by atoms with Crippen LogP contribution in [0, 0.1) is 20.2 Å². The van der Waals surface area contributed by atoms with Crippen molar-refractivity contribution in [3.05, 3.63) is 37.9 Å². The number of benzene rings is 1. The van der Waals surface area contributed by atoms with Gasteiger partial charge in [-0.15, -0.1) is 0 Å². The number of nitro benzene ring substituents is 2. The predicted molar refractivity (Wildman–Crippen MR) is 88.5 cm³/mol. The molecule has 9 nitrogen and oxygen atoms in total. The predicted octanol–water partition coefficient (Wildman–Crippen LogP) is 3.30. The summed E-state index contributed by atoms with van der Waals surface area (Å²) in [6.07, 6.45) is 0. The van der Waals surface area contributed by atoms with Gasteiger partial charge in [-0.3, -0.25) is 20.2 Å². The molecule has 0 aliphatic rings. The van der Waals surface area contributed by atoms with Crippen molar-refractivity contribution in [1.82, 2.24) is 0 Å². The van der Waals surface area contributed by atoms with E-state index in [9.17, 15) is 25.0 Å². The van der Waals surface area contributed by atoms with Crippen molar-refractivity contribution in [3.63, 3.8) is 0 Å². The summed E-state index contributed by atoms with van der Waals surface area (Å²) >= 11 is 0. The van der Waals surface area contributed by atoms with Crippen molar-refractivity contribution in [2.24, 2.45) is 0 Å². The lowest BCUT2D eigenvalue weighted by Crippen LogP contribution is -2.26. The molecular weight excluding hydrogens is 318 g/mol. The number of nitrogens with zero attached hydrogens (tertiary/aromatic N) is 3. The number of hydrogen-bond donors (Lipinski definition) is 0. The molecule has 1 rings (SSSR count). The molecule has 0 saturated heterocycles. The molecule has 0 amide bonds. The maximum atomic E-state index is 12.1. The molecule has 0 spiro atoms. The molecule has 0 saturated carbocycles. The fourth-order valence-electron chi connectivity index (χ4n) is 2.20. The molecule has 0 aliphatic carbocycles. The van der Waals surface area contributed by atoms with Crippen molar-refractivity contribution in [2.45, 2.75) is 40.2 Å². The molecule has 9 heteroatoms. The zero-order valence-corrected chi connectivity index (χ0v) is 14.4. The second kappa shape index (κ2) is 7.24. The highest BCUT2D eigenvalue weighted by Crippen LogP contribution is 2.39. The Balaban J connectivity index is 3.61. The Morgan fingerprint density at radius 1 is 1.08 bits per heavy atom. The smallest absolute Gasteiger partial charge is 0.339 e. The minimum Gasteiger partial charge on any atom is -0.456 e. The first-order valence-electron chi connectivity index (χ1n) is 7.46. The molecule has 0 N–H and O–H groups in total. The van der Waals surface area contributed by atoms with E-state index in [2.05, 4.69) is 0 Å². The summed E-state index contributed by atoms with van der Waals surface area (Å²) in [5.41, 5.74) is -2.14. The van der Waals surface area contributed by atoms with E-state index in [1.807, 2.05) is 0 Å². The third-order valence-electron chi connectivity index (χ3n) is 3.18. The third-order valence-corrected chi connectivity index (χ3v) is 3.18. The summed E-state index contributed by atoms with van der Waals surface area (Å²) in [5, 5.41) is 22.8. The first kappa shape index (κ1) is 19.3. The van der Waals surface area contributed by atoms with Crippen molar-refractivity contribution >= 4 is 23.0 Å². The van der Waals surface area contributed by atoms with Gasteiger partial charge in [-0.2, -0.15) is 0 Å². The zero-order chi connectivity index (χ0) is 18.7. The van der Waals surface area contributed by atoms with Crippen molar-refractivity contribution < 1.29 is 19.4 Å². The Morgan fingerprint density at radius 2 is 1.50 bits per heavy atom. The summed E-state index contributed by atoms with van der Waals surface area (Å²) in [6, 6.07) is 2.05. The minimum absolute atomic E-state index is 0.109. The largest absolute Gasteiger partial charge is 0.456 e. The van der Waals surface area contributed by atoms with E-state index in [-0.39, 0.29) is 11.3 Å². The van der Waals surface area contributed by atoms with Gasteiger partial charge in [0.15, 0.2) is 5.69 Å². The summed E-state index contributed by atoms with van der Waals surface area (Å²) < 4.78 is 5.15. The Morgan fingerprint density at radius 3 is 1.79 bits per heavy atom. The summed E-state index contributed by atoms with van der Waals surface area (Å²) in [4.78, 5) is 35.0. The monoisotopic (exact) mass is 339 g/mol. The van der Waals surface area contributed by atoms with Crippen LogP contribution in [0.25, 0.3) is 0 Å². The van der Waals surface area contributed by atoms with Gasteiger partial charge >= 0.3 is 17.3 Å². The van der Waals surface area contributed by atoms with Gasteiger partial charge in [-0.1, -0.05) is 0 Å². The lowest BCUT2D eigenvalue weighted by molar-refractivity contribution is -0.392. The average molecular weight is 339 g/mol. The Hall–Kier alpha value is -2.71. The van der Waals surface area contributed by atoms with E-state index in [0.29, 0.717) is 13.1 Å². The van der Waals surface area contributed by atoms with Gasteiger partial charge in [0.1, 0.15) is 5.60 Å². The summed E-state index contributed by atoms with van der Waals surface area (Å²) in [5.74, 6) is -0.847. The normalized spacial score (nSPS) is 11.0. The minimum atomic E-state index is -0.847. The molecule has 0 aliphatic heterocycles. The van der Waals surface area contributed by atoms with Crippen LogP contribution in [-0.4, -0.2) is 34.5 Å². The molecule has 1 aromatic rings. The molecule has 0 aromatic heterocycles. The van der Waals surface area contributed by atoms with E-state index in [0.717, 1.165) is 12.1 Å². The second-order valence-electron chi connectivity index (χ2n) is 6.05. The van der Waals surface area contributed by atoms with Crippen LogP contribution in [0.1, 0.15) is 45.0 Å². The van der Waals surface area contributed by atoms with Crippen LogP contribution in [0.4, 0.5) is 17.1 Å². The van der Waals surface area contributed by atoms with Gasteiger partial charge < -0.3 is 9.64 Å². The van der Waals surface area contributed by atoms with E-state index >= 15 is 0 Å². The zero-order valence-electron chi connectivity index (χ0n) is 14.4. The van der Waals surface area contributed by atoms with Gasteiger partial charge in [0, 0.05) is 25.2 Å². The molecule has 0 unspecified atom stereocenters. The van der Waals surface area contributed by atoms with Crippen molar-refractivity contribution in [3.8, 4) is 0 Å². The summed E-state index contributed by atoms with van der Waals surface area (Å²) in [7, 11) is 0. The SMILES string of the molecule is CCN(CC)c1c([N+](=O)[O-])cc(C(=O)OC(C)(C)C)cc1[N+](=O)[O-]. The number of carbonyl (C=O) groups is 1. The van der Waals surface area contributed by atoms with Gasteiger partial charge in [-0.05, 0) is 34.6 Å². The number of hydrogen-bond acceptors (Lipinski definition) is 7. The average Bonchev–Trinajstić information content (AvgIpc) is 2.46. The molecule has 1 aromatic carbocycles.